The number of pyridine rings is 1. The van der Waals surface area contributed by atoms with Gasteiger partial charge in [-0.2, -0.15) is 0 Å². The van der Waals surface area contributed by atoms with Gasteiger partial charge in [-0.1, -0.05) is 6.92 Å². The molecule has 0 saturated carbocycles. The summed E-state index contributed by atoms with van der Waals surface area (Å²) >= 11 is 0. The van der Waals surface area contributed by atoms with Crippen molar-refractivity contribution in [2.24, 2.45) is 0 Å². The van der Waals surface area contributed by atoms with E-state index in [9.17, 15) is 0 Å². The van der Waals surface area contributed by atoms with Crippen molar-refractivity contribution in [3.8, 4) is 5.75 Å². The van der Waals surface area contributed by atoms with Crippen LogP contribution < -0.4 is 10.1 Å². The van der Waals surface area contributed by atoms with Crippen molar-refractivity contribution in [2.75, 3.05) is 20.2 Å². The normalized spacial score (nSPS) is 24.4. The molecule has 2 rings (SSSR count). The van der Waals surface area contributed by atoms with Crippen molar-refractivity contribution < 1.29 is 4.74 Å². The number of ether oxygens (including phenoxy) is 1. The Hall–Kier alpha value is -1.13. The van der Waals surface area contributed by atoms with Gasteiger partial charge in [0.1, 0.15) is 5.75 Å². The van der Waals surface area contributed by atoms with Gasteiger partial charge in [-0.15, -0.1) is 0 Å². The van der Waals surface area contributed by atoms with E-state index >= 15 is 0 Å². The molecular weight excluding hydrogens is 250 g/mol. The molecule has 1 aromatic rings. The highest BCUT2D eigenvalue weighted by Crippen LogP contribution is 2.18. The van der Waals surface area contributed by atoms with Crippen LogP contribution in [-0.4, -0.2) is 42.2 Å². The van der Waals surface area contributed by atoms with Gasteiger partial charge in [-0.05, 0) is 33.2 Å². The maximum Gasteiger partial charge on any atom is 0.122 e. The zero-order valence-electron chi connectivity index (χ0n) is 13.1. The summed E-state index contributed by atoms with van der Waals surface area (Å²) in [6, 6.07) is 5.21. The summed E-state index contributed by atoms with van der Waals surface area (Å²) in [6.07, 6.45) is 2.37. The molecule has 1 aliphatic heterocycles. The minimum absolute atomic E-state index is 0.589. The van der Waals surface area contributed by atoms with E-state index in [1.165, 1.54) is 12.8 Å². The highest BCUT2D eigenvalue weighted by molar-refractivity contribution is 5.26. The Labute approximate surface area is 122 Å². The highest BCUT2D eigenvalue weighted by atomic mass is 16.5. The van der Waals surface area contributed by atoms with E-state index in [4.69, 9.17) is 4.74 Å². The van der Waals surface area contributed by atoms with Gasteiger partial charge in [-0.25, -0.2) is 0 Å². The van der Waals surface area contributed by atoms with Crippen molar-refractivity contribution in [2.45, 2.75) is 52.2 Å². The standard InChI is InChI=1S/C16H27N3O/c1-5-14-10-19(13(3)6-7-17-14)11-15-9-16(20-4)8-12(2)18-15/h8-9,13-14,17H,5-7,10-11H2,1-4H3. The summed E-state index contributed by atoms with van der Waals surface area (Å²) < 4.78 is 5.35. The SMILES string of the molecule is CCC1CN(Cc2cc(OC)cc(C)n2)C(C)CCN1. The monoisotopic (exact) mass is 277 g/mol. The zero-order chi connectivity index (χ0) is 14.5. The first kappa shape index (κ1) is 15.3. The van der Waals surface area contributed by atoms with Gasteiger partial charge in [-0.3, -0.25) is 9.88 Å². The van der Waals surface area contributed by atoms with Gasteiger partial charge in [0.25, 0.3) is 0 Å². The topological polar surface area (TPSA) is 37.4 Å². The van der Waals surface area contributed by atoms with Gasteiger partial charge in [0.2, 0.25) is 0 Å². The Morgan fingerprint density at radius 2 is 2.25 bits per heavy atom. The second kappa shape index (κ2) is 7.04. The molecular formula is C16H27N3O. The van der Waals surface area contributed by atoms with Gasteiger partial charge in [0.05, 0.1) is 12.8 Å². The molecule has 2 heterocycles. The summed E-state index contributed by atoms with van der Waals surface area (Å²) in [4.78, 5) is 7.19. The van der Waals surface area contributed by atoms with Gasteiger partial charge in [0.15, 0.2) is 0 Å². The quantitative estimate of drug-likeness (QED) is 0.917. The Balaban J connectivity index is 2.11. The average Bonchev–Trinajstić information content (AvgIpc) is 2.60. The van der Waals surface area contributed by atoms with Gasteiger partial charge in [0, 0.05) is 43.0 Å². The van der Waals surface area contributed by atoms with Crippen LogP contribution in [0, 0.1) is 6.92 Å². The van der Waals surface area contributed by atoms with Gasteiger partial charge < -0.3 is 10.1 Å². The summed E-state index contributed by atoms with van der Waals surface area (Å²) in [5.74, 6) is 0.903. The molecule has 2 atom stereocenters. The first-order valence-corrected chi connectivity index (χ1v) is 7.61. The lowest BCUT2D eigenvalue weighted by Gasteiger charge is -2.28. The molecule has 1 aromatic heterocycles. The number of hydrogen-bond acceptors (Lipinski definition) is 4. The van der Waals surface area contributed by atoms with Crippen LogP contribution in [0.5, 0.6) is 5.75 Å². The molecule has 0 radical (unpaired) electrons. The second-order valence-electron chi connectivity index (χ2n) is 5.77. The minimum atomic E-state index is 0.589. The Morgan fingerprint density at radius 3 is 2.95 bits per heavy atom. The summed E-state index contributed by atoms with van der Waals surface area (Å²) in [7, 11) is 1.71. The lowest BCUT2D eigenvalue weighted by molar-refractivity contribution is 0.192. The van der Waals surface area contributed by atoms with Crippen molar-refractivity contribution in [3.05, 3.63) is 23.5 Å². The van der Waals surface area contributed by atoms with Crippen molar-refractivity contribution >= 4 is 0 Å². The second-order valence-corrected chi connectivity index (χ2v) is 5.77. The van der Waals surface area contributed by atoms with E-state index in [1.807, 2.05) is 13.0 Å². The predicted octanol–water partition coefficient (Wildman–Crippen LogP) is 2.36. The molecule has 1 fully saturated rings. The molecule has 20 heavy (non-hydrogen) atoms. The maximum atomic E-state index is 5.35. The first-order chi connectivity index (χ1) is 9.62. The van der Waals surface area contributed by atoms with E-state index in [-0.39, 0.29) is 0 Å². The number of hydrogen-bond donors (Lipinski definition) is 1. The molecule has 1 N–H and O–H groups in total. The molecule has 1 saturated heterocycles. The third-order valence-corrected chi connectivity index (χ3v) is 4.15. The third kappa shape index (κ3) is 3.93. The van der Waals surface area contributed by atoms with Crippen LogP contribution in [0.2, 0.25) is 0 Å². The number of aryl methyl sites for hydroxylation is 1. The van der Waals surface area contributed by atoms with Crippen LogP contribution in [0.4, 0.5) is 0 Å². The Morgan fingerprint density at radius 1 is 1.45 bits per heavy atom. The molecule has 0 spiro atoms. The van der Waals surface area contributed by atoms with E-state index in [0.29, 0.717) is 12.1 Å². The smallest absolute Gasteiger partial charge is 0.122 e. The summed E-state index contributed by atoms with van der Waals surface area (Å²) in [5.41, 5.74) is 2.12. The maximum absolute atomic E-state index is 5.35. The number of rotatable bonds is 4. The zero-order valence-corrected chi connectivity index (χ0v) is 13.1. The van der Waals surface area contributed by atoms with Crippen LogP contribution in [-0.2, 0) is 6.54 Å². The molecule has 1 aliphatic rings. The molecule has 4 heteroatoms. The number of nitrogens with one attached hydrogen (secondary N) is 1. The fraction of sp³-hybridized carbons (Fsp3) is 0.688. The number of methoxy groups -OCH3 is 1. The Kier molecular flexibility index (Phi) is 5.38. The fourth-order valence-electron chi connectivity index (χ4n) is 2.81. The van der Waals surface area contributed by atoms with Gasteiger partial charge >= 0.3 is 0 Å². The molecule has 0 amide bonds. The largest absolute Gasteiger partial charge is 0.497 e. The van der Waals surface area contributed by atoms with Crippen LogP contribution in [0.15, 0.2) is 12.1 Å². The highest BCUT2D eigenvalue weighted by Gasteiger charge is 2.22. The van der Waals surface area contributed by atoms with E-state index in [0.717, 1.165) is 36.8 Å². The van der Waals surface area contributed by atoms with Crippen molar-refractivity contribution in [1.82, 2.24) is 15.2 Å². The lowest BCUT2D eigenvalue weighted by atomic mass is 10.1. The molecule has 0 bridgehead atoms. The van der Waals surface area contributed by atoms with Crippen molar-refractivity contribution in [1.29, 1.82) is 0 Å². The van der Waals surface area contributed by atoms with E-state index in [1.54, 1.807) is 7.11 Å². The number of nitrogens with zero attached hydrogens (tertiary/aromatic N) is 2. The third-order valence-electron chi connectivity index (χ3n) is 4.15. The summed E-state index contributed by atoms with van der Waals surface area (Å²) in [5, 5.41) is 3.62. The van der Waals surface area contributed by atoms with Crippen LogP contribution in [0.1, 0.15) is 38.1 Å². The first-order valence-electron chi connectivity index (χ1n) is 7.61. The van der Waals surface area contributed by atoms with E-state index in [2.05, 4.69) is 35.1 Å². The number of aromatic nitrogens is 1. The van der Waals surface area contributed by atoms with Crippen LogP contribution >= 0.6 is 0 Å². The van der Waals surface area contributed by atoms with E-state index < -0.39 is 0 Å². The summed E-state index contributed by atoms with van der Waals surface area (Å²) in [6.45, 7) is 9.69. The Bertz CT molecular complexity index is 436. The minimum Gasteiger partial charge on any atom is -0.497 e. The molecule has 112 valence electrons. The molecule has 2 unspecified atom stereocenters. The molecule has 0 aliphatic carbocycles. The molecule has 0 aromatic carbocycles. The lowest BCUT2D eigenvalue weighted by Crippen LogP contribution is -2.39. The average molecular weight is 277 g/mol. The van der Waals surface area contributed by atoms with Crippen molar-refractivity contribution in [3.63, 3.8) is 0 Å². The molecule has 4 nitrogen and oxygen atoms in total. The van der Waals surface area contributed by atoms with Crippen LogP contribution in [0.3, 0.4) is 0 Å². The van der Waals surface area contributed by atoms with Crippen LogP contribution in [0.25, 0.3) is 0 Å². The fourth-order valence-corrected chi connectivity index (χ4v) is 2.81. The predicted molar refractivity (Wildman–Crippen MR) is 82.1 cm³/mol.